The number of nitrogens with one attached hydrogen (secondary N) is 1. The molecule has 0 spiro atoms. The van der Waals surface area contributed by atoms with E-state index in [0.29, 0.717) is 25.8 Å². The van der Waals surface area contributed by atoms with Crippen molar-refractivity contribution in [1.29, 1.82) is 0 Å². The first kappa shape index (κ1) is 32.7. The summed E-state index contributed by atoms with van der Waals surface area (Å²) >= 11 is 5.84. The van der Waals surface area contributed by atoms with Crippen LogP contribution in [0, 0.1) is 11.2 Å². The predicted octanol–water partition coefficient (Wildman–Crippen LogP) is 2.72. The molecule has 2 aromatic rings. The summed E-state index contributed by atoms with van der Waals surface area (Å²) in [5.41, 5.74) is -3.28. The molecule has 1 saturated carbocycles. The molecule has 1 aromatic carbocycles. The number of carbonyl (C=O) groups is 3. The SMILES string of the molecule is CN(C)C(=O)C(=O)N(C)C12CCC(CCN3CCC(F)(F)C3)(CC1)Cn1c2nc(C(=O)NCc2cccc(Cl)c2F)c(O)c1=O. The van der Waals surface area contributed by atoms with E-state index >= 15 is 0 Å². The number of fused-ring (bicyclic) bond motifs is 2. The van der Waals surface area contributed by atoms with Crippen molar-refractivity contribution in [3.63, 3.8) is 0 Å². The van der Waals surface area contributed by atoms with Crippen LogP contribution < -0.4 is 10.9 Å². The Labute approximate surface area is 262 Å². The van der Waals surface area contributed by atoms with Crippen LogP contribution in [0.15, 0.2) is 23.0 Å². The van der Waals surface area contributed by atoms with Gasteiger partial charge in [0.15, 0.2) is 5.69 Å². The van der Waals surface area contributed by atoms with Gasteiger partial charge in [-0.15, -0.1) is 0 Å². The number of rotatable bonds is 7. The second-order valence-corrected chi connectivity index (χ2v) is 13.1. The Kier molecular flexibility index (Phi) is 8.68. The lowest BCUT2D eigenvalue weighted by Crippen LogP contribution is -2.54. The molecule has 11 nitrogen and oxygen atoms in total. The lowest BCUT2D eigenvalue weighted by molar-refractivity contribution is -0.155. The van der Waals surface area contributed by atoms with Crippen molar-refractivity contribution in [2.24, 2.45) is 5.41 Å². The van der Waals surface area contributed by atoms with Crippen LogP contribution in [0.3, 0.4) is 0 Å². The van der Waals surface area contributed by atoms with Crippen LogP contribution in [0.1, 0.15) is 60.4 Å². The highest BCUT2D eigenvalue weighted by Crippen LogP contribution is 2.53. The van der Waals surface area contributed by atoms with Gasteiger partial charge in [-0.05, 0) is 50.1 Å². The number of halogens is 4. The van der Waals surface area contributed by atoms with Crippen molar-refractivity contribution in [3.05, 3.63) is 56.5 Å². The highest BCUT2D eigenvalue weighted by atomic mass is 35.5. The minimum Gasteiger partial charge on any atom is -0.501 e. The van der Waals surface area contributed by atoms with E-state index < -0.39 is 57.4 Å². The minimum atomic E-state index is -2.75. The molecule has 1 aliphatic carbocycles. The Morgan fingerprint density at radius 3 is 2.38 bits per heavy atom. The zero-order valence-corrected chi connectivity index (χ0v) is 26.1. The summed E-state index contributed by atoms with van der Waals surface area (Å²) in [6, 6.07) is 4.27. The summed E-state index contributed by atoms with van der Waals surface area (Å²) in [7, 11) is 4.32. The number of aromatic hydroxyl groups is 1. The van der Waals surface area contributed by atoms with Crippen molar-refractivity contribution >= 4 is 29.3 Å². The molecule has 6 rings (SSSR count). The maximum absolute atomic E-state index is 14.4. The van der Waals surface area contributed by atoms with Gasteiger partial charge in [0.25, 0.3) is 17.4 Å². The Morgan fingerprint density at radius 2 is 1.76 bits per heavy atom. The van der Waals surface area contributed by atoms with Crippen LogP contribution in [0.2, 0.25) is 5.02 Å². The number of aromatic nitrogens is 2. The van der Waals surface area contributed by atoms with Gasteiger partial charge in [-0.25, -0.2) is 18.2 Å². The van der Waals surface area contributed by atoms with Crippen LogP contribution in [-0.2, 0) is 28.2 Å². The van der Waals surface area contributed by atoms with Gasteiger partial charge in [0.2, 0.25) is 5.75 Å². The van der Waals surface area contributed by atoms with E-state index in [1.54, 1.807) is 4.90 Å². The van der Waals surface area contributed by atoms with E-state index in [9.17, 15) is 37.5 Å². The Bertz CT molecular complexity index is 1590. The quantitative estimate of drug-likeness (QED) is 0.441. The molecule has 244 valence electrons. The summed E-state index contributed by atoms with van der Waals surface area (Å²) in [6.45, 7) is 0.0541. The molecule has 2 bridgehead atoms. The summed E-state index contributed by atoms with van der Waals surface area (Å²) in [4.78, 5) is 61.8. The van der Waals surface area contributed by atoms with Gasteiger partial charge in [-0.1, -0.05) is 23.7 Å². The summed E-state index contributed by atoms with van der Waals surface area (Å²) in [6.07, 6.45) is 1.77. The molecular weight excluding hydrogens is 617 g/mol. The second kappa shape index (κ2) is 11.9. The Hall–Kier alpha value is -3.65. The van der Waals surface area contributed by atoms with Gasteiger partial charge >= 0.3 is 11.8 Å². The molecule has 3 amide bonds. The van der Waals surface area contributed by atoms with E-state index in [2.05, 4.69) is 10.3 Å². The van der Waals surface area contributed by atoms with Gasteiger partial charge in [-0.2, -0.15) is 0 Å². The number of likely N-dealkylation sites (N-methyl/N-ethyl adjacent to an activating group) is 2. The highest BCUT2D eigenvalue weighted by molar-refractivity contribution is 6.34. The van der Waals surface area contributed by atoms with Crippen LogP contribution in [-0.4, -0.2) is 93.8 Å². The number of likely N-dealkylation sites (tertiary alicyclic amines) is 1. The fourth-order valence-corrected chi connectivity index (χ4v) is 6.99. The maximum Gasteiger partial charge on any atom is 0.312 e. The molecule has 0 atom stereocenters. The number of carbonyl (C=O) groups excluding carboxylic acids is 3. The normalized spacial score (nSPS) is 23.7. The van der Waals surface area contributed by atoms with Gasteiger partial charge in [-0.3, -0.25) is 28.6 Å². The van der Waals surface area contributed by atoms with E-state index in [0.717, 1.165) is 4.90 Å². The number of amides is 3. The lowest BCUT2D eigenvalue weighted by Gasteiger charge is -2.46. The first-order chi connectivity index (χ1) is 21.1. The summed E-state index contributed by atoms with van der Waals surface area (Å²) < 4.78 is 43.5. The molecule has 15 heteroatoms. The number of hydrogen-bond acceptors (Lipinski definition) is 7. The van der Waals surface area contributed by atoms with E-state index in [-0.39, 0.29) is 61.9 Å². The first-order valence-electron chi connectivity index (χ1n) is 14.7. The van der Waals surface area contributed by atoms with Gasteiger partial charge in [0.05, 0.1) is 11.6 Å². The molecular formula is C30H36ClF3N6O5. The number of alkyl halides is 2. The largest absolute Gasteiger partial charge is 0.501 e. The average molecular weight is 653 g/mol. The van der Waals surface area contributed by atoms with Crippen molar-refractivity contribution in [3.8, 4) is 5.75 Å². The number of nitrogens with zero attached hydrogens (tertiary/aromatic N) is 5. The third-order valence-corrected chi connectivity index (χ3v) is 9.91. The molecule has 4 heterocycles. The lowest BCUT2D eigenvalue weighted by atomic mass is 9.66. The van der Waals surface area contributed by atoms with E-state index in [1.165, 1.54) is 48.8 Å². The Balaban J connectivity index is 1.53. The molecule has 2 fully saturated rings. The van der Waals surface area contributed by atoms with Crippen LogP contribution in [0.4, 0.5) is 13.2 Å². The fourth-order valence-electron chi connectivity index (χ4n) is 6.80. The first-order valence-corrected chi connectivity index (χ1v) is 15.1. The van der Waals surface area contributed by atoms with Crippen LogP contribution in [0.5, 0.6) is 5.75 Å². The molecule has 2 N–H and O–H groups in total. The van der Waals surface area contributed by atoms with Gasteiger partial charge in [0.1, 0.15) is 17.2 Å². The standard InChI is InChI=1S/C30H36ClF3N6O5/c1-37(2)25(44)26(45)38(3)29-9-7-28(8-10-29,11-13-39-14-12-30(33,34)17-39)16-40-24(43)22(41)21(36-27(29)40)23(42)35-15-18-5-4-6-19(31)20(18)32/h4-6,41H,7-17H2,1-3H3,(H,35,42). The maximum atomic E-state index is 14.4. The molecule has 0 radical (unpaired) electrons. The van der Waals surface area contributed by atoms with Crippen molar-refractivity contribution in [2.45, 2.75) is 63.1 Å². The number of hydrogen-bond donors (Lipinski definition) is 2. The van der Waals surface area contributed by atoms with Crippen LogP contribution in [0.25, 0.3) is 0 Å². The molecule has 1 saturated heterocycles. The second-order valence-electron chi connectivity index (χ2n) is 12.6. The summed E-state index contributed by atoms with van der Waals surface area (Å²) in [5.74, 6) is -6.96. The molecule has 1 aromatic heterocycles. The molecule has 45 heavy (non-hydrogen) atoms. The van der Waals surface area contributed by atoms with E-state index in [1.807, 2.05) is 0 Å². The number of benzene rings is 1. The smallest absolute Gasteiger partial charge is 0.312 e. The summed E-state index contributed by atoms with van der Waals surface area (Å²) in [5, 5.41) is 13.3. The highest BCUT2D eigenvalue weighted by Gasteiger charge is 2.54. The van der Waals surface area contributed by atoms with Gasteiger partial charge in [0, 0.05) is 52.8 Å². The van der Waals surface area contributed by atoms with Crippen molar-refractivity contribution in [2.75, 3.05) is 40.8 Å². The third kappa shape index (κ3) is 6.01. The zero-order valence-electron chi connectivity index (χ0n) is 25.3. The molecule has 4 aliphatic rings. The fraction of sp³-hybridized carbons (Fsp3) is 0.567. The third-order valence-electron chi connectivity index (χ3n) is 9.62. The predicted molar refractivity (Wildman–Crippen MR) is 157 cm³/mol. The average Bonchev–Trinajstić information content (AvgIpc) is 3.21. The van der Waals surface area contributed by atoms with Crippen molar-refractivity contribution < 1.29 is 32.7 Å². The van der Waals surface area contributed by atoms with E-state index in [4.69, 9.17) is 11.6 Å². The Morgan fingerprint density at radius 1 is 1.07 bits per heavy atom. The van der Waals surface area contributed by atoms with Crippen molar-refractivity contribution in [1.82, 2.24) is 29.6 Å². The zero-order chi connectivity index (χ0) is 32.9. The topological polar surface area (TPSA) is 128 Å². The van der Waals surface area contributed by atoms with Gasteiger partial charge < -0.3 is 20.2 Å². The molecule has 0 unspecified atom stereocenters. The molecule has 3 aliphatic heterocycles. The minimum absolute atomic E-state index is 0.0406. The monoisotopic (exact) mass is 652 g/mol. The van der Waals surface area contributed by atoms with Crippen LogP contribution >= 0.6 is 11.6 Å².